The number of hydrogen-bond acceptors (Lipinski definition) is 4. The molecule has 0 radical (unpaired) electrons. The molecule has 1 heterocycles. The molecule has 0 bridgehead atoms. The van der Waals surface area contributed by atoms with Crippen molar-refractivity contribution in [1.82, 2.24) is 5.32 Å². The number of phenols is 1. The number of anilines is 1. The van der Waals surface area contributed by atoms with Crippen molar-refractivity contribution in [3.8, 4) is 5.75 Å². The summed E-state index contributed by atoms with van der Waals surface area (Å²) < 4.78 is 5.76. The summed E-state index contributed by atoms with van der Waals surface area (Å²) in [7, 11) is 0. The maximum Gasteiger partial charge on any atom is 0.122 e. The number of benzene rings is 1. The molecule has 1 aliphatic heterocycles. The Morgan fingerprint density at radius 1 is 1.33 bits per heavy atom. The standard InChI is InChI=1S/C17H28N2O2/c1-5-8-18-14(4)16-7-6-15(9-17(16)20)19-10-12(2)21-13(3)11-19/h6-7,9,12-14,18,20H,5,8,10-11H2,1-4H3/t12-,13+,14?. The minimum absolute atomic E-state index is 0.168. The predicted molar refractivity (Wildman–Crippen MR) is 87.0 cm³/mol. The van der Waals surface area contributed by atoms with Crippen LogP contribution >= 0.6 is 0 Å². The number of nitrogens with one attached hydrogen (secondary N) is 1. The molecule has 1 saturated heterocycles. The lowest BCUT2D eigenvalue weighted by molar-refractivity contribution is -0.00523. The van der Waals surface area contributed by atoms with Crippen molar-refractivity contribution in [1.29, 1.82) is 0 Å². The monoisotopic (exact) mass is 292 g/mol. The van der Waals surface area contributed by atoms with E-state index in [1.807, 2.05) is 12.1 Å². The fourth-order valence-electron chi connectivity index (χ4n) is 2.95. The van der Waals surface area contributed by atoms with E-state index in [1.54, 1.807) is 0 Å². The van der Waals surface area contributed by atoms with Crippen LogP contribution in [0.2, 0.25) is 0 Å². The van der Waals surface area contributed by atoms with Crippen LogP contribution in [0, 0.1) is 0 Å². The van der Waals surface area contributed by atoms with Crippen LogP contribution in [-0.2, 0) is 4.74 Å². The van der Waals surface area contributed by atoms with E-state index in [1.165, 1.54) is 0 Å². The molecule has 2 N–H and O–H groups in total. The van der Waals surface area contributed by atoms with Gasteiger partial charge in [0, 0.05) is 36.4 Å². The summed E-state index contributed by atoms with van der Waals surface area (Å²) in [6, 6.07) is 6.18. The molecule has 1 aliphatic rings. The lowest BCUT2D eigenvalue weighted by Gasteiger charge is -2.37. The second kappa shape index (κ2) is 7.14. The van der Waals surface area contributed by atoms with Crippen LogP contribution in [0.5, 0.6) is 5.75 Å². The smallest absolute Gasteiger partial charge is 0.122 e. The molecule has 0 spiro atoms. The van der Waals surface area contributed by atoms with Crippen molar-refractivity contribution < 1.29 is 9.84 Å². The van der Waals surface area contributed by atoms with Gasteiger partial charge in [-0.2, -0.15) is 0 Å². The lowest BCUT2D eigenvalue weighted by Crippen LogP contribution is -2.45. The Balaban J connectivity index is 2.11. The summed E-state index contributed by atoms with van der Waals surface area (Å²) in [5, 5.41) is 13.7. The van der Waals surface area contributed by atoms with E-state index in [2.05, 4.69) is 44.0 Å². The number of hydrogen-bond donors (Lipinski definition) is 2. The molecule has 1 unspecified atom stereocenters. The lowest BCUT2D eigenvalue weighted by atomic mass is 10.1. The molecule has 118 valence electrons. The number of rotatable bonds is 5. The van der Waals surface area contributed by atoms with E-state index in [-0.39, 0.29) is 18.2 Å². The quantitative estimate of drug-likeness (QED) is 0.875. The van der Waals surface area contributed by atoms with Gasteiger partial charge in [-0.3, -0.25) is 0 Å². The van der Waals surface area contributed by atoms with Gasteiger partial charge in [-0.25, -0.2) is 0 Å². The molecule has 0 amide bonds. The number of phenolic OH excluding ortho intramolecular Hbond substituents is 1. The molecule has 3 atom stereocenters. The van der Waals surface area contributed by atoms with E-state index in [4.69, 9.17) is 4.74 Å². The normalized spacial score (nSPS) is 24.1. The SMILES string of the molecule is CCCNC(C)c1ccc(N2C[C@@H](C)O[C@@H](C)C2)cc1O. The highest BCUT2D eigenvalue weighted by Crippen LogP contribution is 2.30. The Morgan fingerprint density at radius 2 is 2.00 bits per heavy atom. The van der Waals surface area contributed by atoms with Gasteiger partial charge < -0.3 is 20.1 Å². The molecular weight excluding hydrogens is 264 g/mol. The molecule has 1 aromatic rings. The van der Waals surface area contributed by atoms with Crippen LogP contribution in [0.4, 0.5) is 5.69 Å². The average Bonchev–Trinajstić information content (AvgIpc) is 2.43. The zero-order valence-electron chi connectivity index (χ0n) is 13.6. The Kier molecular flexibility index (Phi) is 5.48. The molecule has 0 aromatic heterocycles. The summed E-state index contributed by atoms with van der Waals surface area (Å²) >= 11 is 0. The van der Waals surface area contributed by atoms with E-state index in [0.29, 0.717) is 5.75 Å². The van der Waals surface area contributed by atoms with Crippen molar-refractivity contribution in [3.63, 3.8) is 0 Å². The first kappa shape index (κ1) is 16.1. The van der Waals surface area contributed by atoms with Crippen LogP contribution in [0.1, 0.15) is 45.7 Å². The van der Waals surface area contributed by atoms with E-state index >= 15 is 0 Å². The highest BCUT2D eigenvalue weighted by Gasteiger charge is 2.23. The maximum absolute atomic E-state index is 10.3. The Morgan fingerprint density at radius 3 is 2.57 bits per heavy atom. The van der Waals surface area contributed by atoms with Gasteiger partial charge in [0.25, 0.3) is 0 Å². The number of morpholine rings is 1. The Bertz CT molecular complexity index is 454. The zero-order chi connectivity index (χ0) is 15.4. The van der Waals surface area contributed by atoms with Gasteiger partial charge in [-0.05, 0) is 39.8 Å². The minimum atomic E-state index is 0.168. The molecule has 0 aliphatic carbocycles. The number of ether oxygens (including phenoxy) is 1. The highest BCUT2D eigenvalue weighted by molar-refractivity contribution is 5.54. The first-order chi connectivity index (χ1) is 10.0. The minimum Gasteiger partial charge on any atom is -0.508 e. The number of aromatic hydroxyl groups is 1. The number of nitrogens with zero attached hydrogens (tertiary/aromatic N) is 1. The molecular formula is C17H28N2O2. The van der Waals surface area contributed by atoms with Crippen molar-refractivity contribution in [3.05, 3.63) is 23.8 Å². The van der Waals surface area contributed by atoms with Crippen molar-refractivity contribution in [2.24, 2.45) is 0 Å². The zero-order valence-corrected chi connectivity index (χ0v) is 13.6. The summed E-state index contributed by atoms with van der Waals surface area (Å²) in [6.07, 6.45) is 1.54. The first-order valence-corrected chi connectivity index (χ1v) is 7.98. The fraction of sp³-hybridized carbons (Fsp3) is 0.647. The van der Waals surface area contributed by atoms with Gasteiger partial charge in [0.1, 0.15) is 5.75 Å². The van der Waals surface area contributed by atoms with Crippen molar-refractivity contribution in [2.75, 3.05) is 24.5 Å². The van der Waals surface area contributed by atoms with Crippen LogP contribution in [0.15, 0.2) is 18.2 Å². The Hall–Kier alpha value is -1.26. The third-order valence-corrected chi connectivity index (χ3v) is 3.97. The maximum atomic E-state index is 10.3. The first-order valence-electron chi connectivity index (χ1n) is 7.98. The second-order valence-corrected chi connectivity index (χ2v) is 6.08. The predicted octanol–water partition coefficient (Wildman–Crippen LogP) is 3.07. The van der Waals surface area contributed by atoms with E-state index in [9.17, 15) is 5.11 Å². The van der Waals surface area contributed by atoms with Gasteiger partial charge in [0.2, 0.25) is 0 Å². The van der Waals surface area contributed by atoms with Crippen LogP contribution in [-0.4, -0.2) is 36.9 Å². The third kappa shape index (κ3) is 4.11. The van der Waals surface area contributed by atoms with Crippen LogP contribution < -0.4 is 10.2 Å². The molecule has 1 fully saturated rings. The molecule has 21 heavy (non-hydrogen) atoms. The Labute approximate surface area is 128 Å². The van der Waals surface area contributed by atoms with E-state index < -0.39 is 0 Å². The van der Waals surface area contributed by atoms with Gasteiger partial charge in [0.05, 0.1) is 12.2 Å². The van der Waals surface area contributed by atoms with Crippen molar-refractivity contribution in [2.45, 2.75) is 52.4 Å². The fourth-order valence-corrected chi connectivity index (χ4v) is 2.95. The molecule has 2 rings (SSSR count). The summed E-state index contributed by atoms with van der Waals surface area (Å²) in [4.78, 5) is 2.28. The van der Waals surface area contributed by atoms with E-state index in [0.717, 1.165) is 37.3 Å². The topological polar surface area (TPSA) is 44.7 Å². The van der Waals surface area contributed by atoms with Gasteiger partial charge in [-0.1, -0.05) is 13.0 Å². The molecule has 1 aromatic carbocycles. The molecule has 4 heteroatoms. The van der Waals surface area contributed by atoms with Crippen LogP contribution in [0.3, 0.4) is 0 Å². The molecule has 0 saturated carbocycles. The molecule has 4 nitrogen and oxygen atoms in total. The summed E-state index contributed by atoms with van der Waals surface area (Å²) in [5.74, 6) is 0.371. The second-order valence-electron chi connectivity index (χ2n) is 6.08. The average molecular weight is 292 g/mol. The van der Waals surface area contributed by atoms with Crippen LogP contribution in [0.25, 0.3) is 0 Å². The van der Waals surface area contributed by atoms with Gasteiger partial charge in [0.15, 0.2) is 0 Å². The highest BCUT2D eigenvalue weighted by atomic mass is 16.5. The van der Waals surface area contributed by atoms with Crippen molar-refractivity contribution >= 4 is 5.69 Å². The van der Waals surface area contributed by atoms with Gasteiger partial charge >= 0.3 is 0 Å². The summed E-state index contributed by atoms with van der Waals surface area (Å²) in [6.45, 7) is 11.1. The van der Waals surface area contributed by atoms with Gasteiger partial charge in [-0.15, -0.1) is 0 Å². The largest absolute Gasteiger partial charge is 0.508 e. The summed E-state index contributed by atoms with van der Waals surface area (Å²) in [5.41, 5.74) is 2.03. The third-order valence-electron chi connectivity index (χ3n) is 3.97.